The number of hydrogen-bond acceptors (Lipinski definition) is 14. The number of methoxy groups -OCH3 is 2. The lowest BCUT2D eigenvalue weighted by Gasteiger charge is -2.32. The van der Waals surface area contributed by atoms with E-state index in [1.54, 1.807) is 26.4 Å². The molecule has 2 N–H and O–H groups in total. The van der Waals surface area contributed by atoms with E-state index in [1.165, 1.54) is 19.6 Å². The summed E-state index contributed by atoms with van der Waals surface area (Å²) in [6, 6.07) is 36.1. The van der Waals surface area contributed by atoms with Crippen LogP contribution in [0.15, 0.2) is 109 Å². The lowest BCUT2D eigenvalue weighted by atomic mass is 9.76. The molecule has 7 heterocycles. The molecular weight excluding hydrogens is 1340 g/mol. The third kappa shape index (κ3) is 19.7. The number of amides is 4. The number of anilines is 6. The highest BCUT2D eigenvalue weighted by atomic mass is 127. The van der Waals surface area contributed by atoms with Gasteiger partial charge in [-0.15, -0.1) is 0 Å². The average Bonchev–Trinajstić information content (AvgIpc) is 1.58. The minimum atomic E-state index is -4.20. The molecule has 5 aliphatic rings. The van der Waals surface area contributed by atoms with Crippen molar-refractivity contribution < 1.29 is 51.0 Å². The number of benzene rings is 4. The van der Waals surface area contributed by atoms with Crippen molar-refractivity contribution in [3.63, 3.8) is 0 Å². The number of halogens is 4. The van der Waals surface area contributed by atoms with E-state index in [9.17, 15) is 22.8 Å². The third-order valence-corrected chi connectivity index (χ3v) is 18.9. The second-order valence-corrected chi connectivity index (χ2v) is 26.9. The van der Waals surface area contributed by atoms with Crippen LogP contribution in [0.4, 0.5) is 57.4 Å². The molecule has 2 aromatic heterocycles. The van der Waals surface area contributed by atoms with Gasteiger partial charge in [0.25, 0.3) is 0 Å². The third-order valence-electron chi connectivity index (χ3n) is 18.3. The zero-order valence-corrected chi connectivity index (χ0v) is 59.4. The summed E-state index contributed by atoms with van der Waals surface area (Å²) in [6.07, 6.45) is -2.50. The van der Waals surface area contributed by atoms with Gasteiger partial charge in [-0.25, -0.2) is 19.6 Å². The Morgan fingerprint density at radius 1 is 0.638 bits per heavy atom. The molecule has 4 amide bonds. The number of ether oxygens (including phenoxy) is 4. The molecule has 18 nitrogen and oxygen atoms in total. The number of alkyl halides is 3. The van der Waals surface area contributed by atoms with E-state index in [1.807, 2.05) is 75.9 Å². The van der Waals surface area contributed by atoms with E-state index >= 15 is 0 Å². The van der Waals surface area contributed by atoms with E-state index in [2.05, 4.69) is 141 Å². The summed E-state index contributed by atoms with van der Waals surface area (Å²) in [4.78, 5) is 47.7. The highest BCUT2D eigenvalue weighted by Crippen LogP contribution is 2.38. The Kier molecular flexibility index (Phi) is 25.5. The van der Waals surface area contributed by atoms with Crippen LogP contribution in [0.3, 0.4) is 0 Å². The van der Waals surface area contributed by atoms with Gasteiger partial charge < -0.3 is 68.3 Å². The molecule has 24 heteroatoms. The summed E-state index contributed by atoms with van der Waals surface area (Å²) in [6.45, 7) is 24.1. The van der Waals surface area contributed by atoms with Crippen LogP contribution in [-0.4, -0.2) is 163 Å². The number of rotatable bonds is 16. The normalized spacial score (nSPS) is 18.3. The minimum absolute atomic E-state index is 0. The predicted octanol–water partition coefficient (Wildman–Crippen LogP) is 13.2. The minimum Gasteiger partial charge on any atom is -0.497 e. The Morgan fingerprint density at radius 3 is 1.57 bits per heavy atom. The fourth-order valence-electron chi connectivity index (χ4n) is 11.8. The quantitative estimate of drug-likeness (QED) is 0.0696. The van der Waals surface area contributed by atoms with Gasteiger partial charge in [0.1, 0.15) is 34.8 Å². The molecule has 5 fully saturated rings. The molecule has 508 valence electrons. The van der Waals surface area contributed by atoms with Crippen molar-refractivity contribution >= 4 is 95.4 Å². The number of likely N-dealkylation sites (tertiary alicyclic amines) is 2. The van der Waals surface area contributed by atoms with E-state index < -0.39 is 42.9 Å². The van der Waals surface area contributed by atoms with Crippen LogP contribution in [0.2, 0.25) is 0 Å². The van der Waals surface area contributed by atoms with Crippen LogP contribution in [0.1, 0.15) is 82.6 Å². The Morgan fingerprint density at radius 2 is 1.10 bits per heavy atom. The number of pyridine rings is 2. The smallest absolute Gasteiger partial charge is 0.495 e. The first-order valence-corrected chi connectivity index (χ1v) is 33.2. The molecule has 94 heavy (non-hydrogen) atoms. The number of urea groups is 2. The number of carbonyl (C=O) groups excluding carboxylic acids is 2. The van der Waals surface area contributed by atoms with Crippen LogP contribution in [0.5, 0.6) is 11.5 Å². The van der Waals surface area contributed by atoms with Crippen molar-refractivity contribution in [3.8, 4) is 22.6 Å². The van der Waals surface area contributed by atoms with E-state index in [0.29, 0.717) is 44.3 Å². The number of carbonyl (C=O) groups is 2. The highest BCUT2D eigenvalue weighted by Gasteiger charge is 2.52. The average molecular weight is 1430 g/mol. The van der Waals surface area contributed by atoms with Crippen molar-refractivity contribution in [1.29, 1.82) is 0 Å². The molecule has 11 rings (SSSR count). The van der Waals surface area contributed by atoms with Crippen LogP contribution >= 0.6 is 36.1 Å². The number of nitrogens with one attached hydrogen (secondary N) is 2. The number of aryl methyl sites for hydroxylation is 2. The predicted molar refractivity (Wildman–Crippen MR) is 383 cm³/mol. The van der Waals surface area contributed by atoms with Gasteiger partial charge in [0.2, 0.25) is 0 Å². The maximum Gasteiger partial charge on any atom is 0.495 e. The number of nitrogens with zero attached hydrogens (tertiary/aromatic N) is 8. The van der Waals surface area contributed by atoms with Gasteiger partial charge in [0.15, 0.2) is 0 Å². The molecular formula is C70H93BF3IN10O8S. The molecule has 0 bridgehead atoms. The van der Waals surface area contributed by atoms with Gasteiger partial charge in [-0.3, -0.25) is 0 Å². The molecule has 0 unspecified atom stereocenters. The summed E-state index contributed by atoms with van der Waals surface area (Å²) in [5.74, 6) is 5.63. The van der Waals surface area contributed by atoms with Crippen LogP contribution in [-0.2, 0) is 31.9 Å². The zero-order chi connectivity index (χ0) is 66.6. The Bertz CT molecular complexity index is 3460. The second kappa shape index (κ2) is 32.8. The molecule has 0 spiro atoms. The highest BCUT2D eigenvalue weighted by molar-refractivity contribution is 14.1. The summed E-state index contributed by atoms with van der Waals surface area (Å²) in [5, 5.41) is 5.94. The van der Waals surface area contributed by atoms with Crippen molar-refractivity contribution in [1.82, 2.24) is 19.8 Å². The zero-order valence-electron chi connectivity index (χ0n) is 56.2. The molecule has 0 radical (unpaired) electrons. The van der Waals surface area contributed by atoms with Gasteiger partial charge in [0.05, 0.1) is 51.8 Å². The summed E-state index contributed by atoms with van der Waals surface area (Å²) in [5.41, 5.74) is 7.91. The van der Waals surface area contributed by atoms with Gasteiger partial charge in [0, 0.05) is 101 Å². The van der Waals surface area contributed by atoms with Crippen molar-refractivity contribution in [3.05, 3.63) is 135 Å². The Labute approximate surface area is 574 Å². The topological polar surface area (TPSA) is 159 Å². The Hall–Kier alpha value is -6.71. The van der Waals surface area contributed by atoms with Crippen molar-refractivity contribution in [2.24, 2.45) is 11.8 Å². The van der Waals surface area contributed by atoms with Crippen LogP contribution in [0.25, 0.3) is 11.1 Å². The summed E-state index contributed by atoms with van der Waals surface area (Å²) >= 11 is 2.36. The lowest BCUT2D eigenvalue weighted by molar-refractivity contribution is -0.143. The Balaban J connectivity index is 0.000000187. The second-order valence-electron chi connectivity index (χ2n) is 25.7. The first kappa shape index (κ1) is 73.1. The fraction of sp³-hybridized carbons (Fsp3) is 0.486. The van der Waals surface area contributed by atoms with E-state index in [4.69, 9.17) is 38.2 Å². The van der Waals surface area contributed by atoms with Crippen molar-refractivity contribution in [2.75, 3.05) is 137 Å². The maximum atomic E-state index is 13.0. The van der Waals surface area contributed by atoms with Gasteiger partial charge in [-0.05, 0) is 195 Å². The number of morpholine rings is 2. The van der Waals surface area contributed by atoms with Crippen molar-refractivity contribution in [2.45, 2.75) is 105 Å². The lowest BCUT2D eigenvalue weighted by Crippen LogP contribution is -2.41. The van der Waals surface area contributed by atoms with Crippen LogP contribution < -0.4 is 45.2 Å². The molecule has 0 aliphatic carbocycles. The van der Waals surface area contributed by atoms with Crippen LogP contribution in [0, 0.1) is 29.3 Å². The molecule has 2 atom stereocenters. The largest absolute Gasteiger partial charge is 0.497 e. The van der Waals surface area contributed by atoms with Gasteiger partial charge in [-0.2, -0.15) is 26.7 Å². The first-order chi connectivity index (χ1) is 44.4. The molecule has 4 aromatic carbocycles. The summed E-state index contributed by atoms with van der Waals surface area (Å²) < 4.78 is 72.7. The molecule has 0 saturated carbocycles. The molecule has 5 aliphatic heterocycles. The van der Waals surface area contributed by atoms with E-state index in [0.717, 1.165) is 140 Å². The summed E-state index contributed by atoms with van der Waals surface area (Å²) in [7, 11) is 6.96. The molecule has 6 aromatic rings. The standard InChI is InChI=1S/C32H41N5O3.C20H28BF3N2O3.C18H22IN3O2.H2S/c1-5-24-12-13-37(22-24)32(38)33-27-9-6-23(2)29(20-27)26-18-30(34-31(19-26)36-14-16-40-17-15-36)35(3)21-25-7-10-28(39-4)11-8-25;1-13-6-7-15(10-16(13)21-28-18(2,3)19(4,5)29-21)25-17(27)26-9-8-14(12-26)11-20(22,23)24;1-21(13-14-3-5-16(23-2)6-4-14)17-11-15(19)12-18(20-17)22-7-9-24-10-8-22;/h6-11,18-20,24H,5,12-17,21-22H2,1-4H3,(H,33,38);6-7,10,14H,8-9,11-12H2,1-5H3,(H,25,27);3-6,11-12H,7-10,13H2,1-2H3;1H2/t24-;14-;;/m10../s1. The first-order valence-electron chi connectivity index (χ1n) is 32.2. The monoisotopic (exact) mass is 1430 g/mol. The van der Waals surface area contributed by atoms with Gasteiger partial charge >= 0.3 is 25.4 Å². The van der Waals surface area contributed by atoms with Gasteiger partial charge in [-0.1, -0.05) is 55.3 Å². The SMILES string of the molecule is CC[C@@H]1CCN(C(=O)Nc2ccc(C)c(-c3cc(N(C)Cc4ccc(OC)cc4)nc(N4CCOCC4)c3)c2)C1.COc1ccc(CN(C)c2cc(I)cc(N3CCOCC3)n2)cc1.Cc1ccc(NC(=O)N2CC[C@@H](CC(F)(F)F)C2)cc1B1OC(C)(C)C(C)(C)O1.S. The maximum absolute atomic E-state index is 13.0. The van der Waals surface area contributed by atoms with E-state index in [-0.39, 0.29) is 26.1 Å². The molecule has 5 saturated heterocycles. The fourth-order valence-corrected chi connectivity index (χ4v) is 12.4. The number of hydrogen-bond donors (Lipinski definition) is 2. The number of aromatic nitrogens is 2.